The van der Waals surface area contributed by atoms with Gasteiger partial charge in [-0.25, -0.2) is 0 Å². The molecule has 3 aromatic rings. The summed E-state index contributed by atoms with van der Waals surface area (Å²) in [6.45, 7) is 0. The topological polar surface area (TPSA) is 72.0 Å². The molecule has 1 unspecified atom stereocenters. The lowest BCUT2D eigenvalue weighted by Gasteiger charge is -2.07. The van der Waals surface area contributed by atoms with Crippen molar-refractivity contribution in [3.63, 3.8) is 0 Å². The number of benzene rings is 1. The van der Waals surface area contributed by atoms with Crippen molar-refractivity contribution in [2.45, 2.75) is 12.5 Å². The summed E-state index contributed by atoms with van der Waals surface area (Å²) in [5.41, 5.74) is 1.47. The molecule has 0 saturated carbocycles. The first-order valence-corrected chi connectivity index (χ1v) is 6.30. The van der Waals surface area contributed by atoms with Crippen molar-refractivity contribution < 1.29 is 9.63 Å². The van der Waals surface area contributed by atoms with E-state index < -0.39 is 6.10 Å². The van der Waals surface area contributed by atoms with Gasteiger partial charge in [-0.2, -0.15) is 4.98 Å². The van der Waals surface area contributed by atoms with Crippen LogP contribution in [0.1, 0.15) is 17.6 Å². The molecule has 2 aromatic heterocycles. The number of nitrogens with zero attached hydrogens (tertiary/aromatic N) is 3. The first kappa shape index (κ1) is 12.5. The van der Waals surface area contributed by atoms with Gasteiger partial charge in [-0.3, -0.25) is 4.98 Å². The fourth-order valence-electron chi connectivity index (χ4n) is 1.90. The minimum absolute atomic E-state index is 0.282. The average molecular weight is 267 g/mol. The van der Waals surface area contributed by atoms with Crippen molar-refractivity contribution >= 4 is 0 Å². The third kappa shape index (κ3) is 2.73. The summed E-state index contributed by atoms with van der Waals surface area (Å²) >= 11 is 0. The monoisotopic (exact) mass is 267 g/mol. The summed E-state index contributed by atoms with van der Waals surface area (Å²) in [5.74, 6) is 0.822. The zero-order valence-electron chi connectivity index (χ0n) is 10.7. The van der Waals surface area contributed by atoms with Crippen LogP contribution in [0.5, 0.6) is 0 Å². The Balaban J connectivity index is 1.75. The Kier molecular flexibility index (Phi) is 3.52. The molecule has 2 heterocycles. The third-order valence-corrected chi connectivity index (χ3v) is 2.91. The second-order valence-electron chi connectivity index (χ2n) is 4.36. The lowest BCUT2D eigenvalue weighted by molar-refractivity contribution is 0.165. The minimum atomic E-state index is -0.659. The molecule has 0 spiro atoms. The van der Waals surface area contributed by atoms with Crippen molar-refractivity contribution in [2.24, 2.45) is 0 Å². The van der Waals surface area contributed by atoms with Crippen molar-refractivity contribution in [1.82, 2.24) is 15.1 Å². The highest BCUT2D eigenvalue weighted by molar-refractivity contribution is 5.47. The number of hydrogen-bond donors (Lipinski definition) is 1. The number of aliphatic hydroxyl groups excluding tert-OH is 1. The molecule has 0 fully saturated rings. The lowest BCUT2D eigenvalue weighted by atomic mass is 10.1. The number of pyridine rings is 1. The van der Waals surface area contributed by atoms with Crippen molar-refractivity contribution in [3.05, 3.63) is 66.2 Å². The van der Waals surface area contributed by atoms with Gasteiger partial charge < -0.3 is 9.63 Å². The van der Waals surface area contributed by atoms with Gasteiger partial charge in [-0.15, -0.1) is 0 Å². The molecule has 5 nitrogen and oxygen atoms in total. The van der Waals surface area contributed by atoms with Crippen molar-refractivity contribution in [2.75, 3.05) is 0 Å². The van der Waals surface area contributed by atoms with Crippen LogP contribution in [0.3, 0.4) is 0 Å². The Labute approximate surface area is 115 Å². The Morgan fingerprint density at radius 3 is 2.60 bits per heavy atom. The fourth-order valence-corrected chi connectivity index (χ4v) is 1.90. The second kappa shape index (κ2) is 5.63. The molecule has 0 aliphatic carbocycles. The van der Waals surface area contributed by atoms with Crippen molar-refractivity contribution in [1.29, 1.82) is 0 Å². The number of rotatable bonds is 4. The van der Waals surface area contributed by atoms with Crippen LogP contribution in [-0.2, 0) is 6.42 Å². The smallest absolute Gasteiger partial charge is 0.229 e. The lowest BCUT2D eigenvalue weighted by Crippen LogP contribution is -2.01. The highest BCUT2D eigenvalue weighted by atomic mass is 16.5. The van der Waals surface area contributed by atoms with Gasteiger partial charge in [0, 0.05) is 6.20 Å². The zero-order chi connectivity index (χ0) is 13.8. The normalized spacial score (nSPS) is 12.2. The summed E-state index contributed by atoms with van der Waals surface area (Å²) in [5, 5.41) is 14.0. The molecule has 5 heteroatoms. The molecule has 0 aliphatic rings. The highest BCUT2D eigenvalue weighted by Crippen LogP contribution is 2.19. The predicted octanol–water partition coefficient (Wildman–Crippen LogP) is 2.41. The molecule has 0 bridgehead atoms. The molecule has 100 valence electrons. The summed E-state index contributed by atoms with van der Waals surface area (Å²) in [4.78, 5) is 8.40. The van der Waals surface area contributed by atoms with Crippen LogP contribution >= 0.6 is 0 Å². The first-order chi connectivity index (χ1) is 9.83. The van der Waals surface area contributed by atoms with Gasteiger partial charge in [-0.1, -0.05) is 41.6 Å². The number of aromatic nitrogens is 3. The van der Waals surface area contributed by atoms with Crippen molar-refractivity contribution in [3.8, 4) is 11.5 Å². The first-order valence-electron chi connectivity index (χ1n) is 6.30. The van der Waals surface area contributed by atoms with E-state index >= 15 is 0 Å². The Hall–Kier alpha value is -2.53. The standard InChI is InChI=1S/C15H13N3O2/c19-13(11-6-2-1-3-7-11)10-14-17-15(18-20-14)12-8-4-5-9-16-12/h1-9,13,19H,10H2. The van der Waals surface area contributed by atoms with Crippen LogP contribution < -0.4 is 0 Å². The van der Waals surface area contributed by atoms with Gasteiger partial charge in [-0.05, 0) is 17.7 Å². The second-order valence-corrected chi connectivity index (χ2v) is 4.36. The predicted molar refractivity (Wildman–Crippen MR) is 72.6 cm³/mol. The highest BCUT2D eigenvalue weighted by Gasteiger charge is 2.14. The molecule has 0 amide bonds. The van der Waals surface area contributed by atoms with Crippen LogP contribution in [0.2, 0.25) is 0 Å². The molecule has 20 heavy (non-hydrogen) atoms. The quantitative estimate of drug-likeness (QED) is 0.785. The summed E-state index contributed by atoms with van der Waals surface area (Å²) in [6.07, 6.45) is 1.29. The van der Waals surface area contributed by atoms with E-state index in [-0.39, 0.29) is 6.42 Å². The summed E-state index contributed by atoms with van der Waals surface area (Å²) in [7, 11) is 0. The van der Waals surface area contributed by atoms with E-state index in [1.165, 1.54) is 0 Å². The van der Waals surface area contributed by atoms with Gasteiger partial charge in [0.15, 0.2) is 0 Å². The van der Waals surface area contributed by atoms with Gasteiger partial charge in [0.2, 0.25) is 11.7 Å². The molecule has 1 N–H and O–H groups in total. The maximum absolute atomic E-state index is 10.1. The Morgan fingerprint density at radius 2 is 1.85 bits per heavy atom. The summed E-state index contributed by atoms with van der Waals surface area (Å²) in [6, 6.07) is 14.9. The Morgan fingerprint density at radius 1 is 1.05 bits per heavy atom. The number of aliphatic hydroxyl groups is 1. The zero-order valence-corrected chi connectivity index (χ0v) is 10.7. The number of hydrogen-bond acceptors (Lipinski definition) is 5. The molecule has 1 aromatic carbocycles. The molecule has 0 saturated heterocycles. The van der Waals surface area contributed by atoms with Gasteiger partial charge in [0.25, 0.3) is 0 Å². The van der Waals surface area contributed by atoms with E-state index in [2.05, 4.69) is 15.1 Å². The molecule has 3 rings (SSSR count). The maximum Gasteiger partial charge on any atom is 0.229 e. The molecule has 0 radical (unpaired) electrons. The van der Waals surface area contributed by atoms with Crippen LogP contribution in [0.25, 0.3) is 11.5 Å². The van der Waals surface area contributed by atoms with Crippen LogP contribution in [0.4, 0.5) is 0 Å². The molecular formula is C15H13N3O2. The van der Waals surface area contributed by atoms with Gasteiger partial charge in [0.05, 0.1) is 12.5 Å². The van der Waals surface area contributed by atoms with E-state index in [0.29, 0.717) is 17.4 Å². The third-order valence-electron chi connectivity index (χ3n) is 2.91. The molecule has 0 aliphatic heterocycles. The SMILES string of the molecule is OC(Cc1nc(-c2ccccn2)no1)c1ccccc1. The van der Waals surface area contributed by atoms with E-state index in [1.807, 2.05) is 48.5 Å². The molecular weight excluding hydrogens is 254 g/mol. The van der Waals surface area contributed by atoms with E-state index in [0.717, 1.165) is 5.56 Å². The van der Waals surface area contributed by atoms with Gasteiger partial charge in [0.1, 0.15) is 5.69 Å². The van der Waals surface area contributed by atoms with Crippen LogP contribution in [0.15, 0.2) is 59.3 Å². The minimum Gasteiger partial charge on any atom is -0.388 e. The van der Waals surface area contributed by atoms with Crippen LogP contribution in [-0.4, -0.2) is 20.2 Å². The van der Waals surface area contributed by atoms with E-state index in [1.54, 1.807) is 6.20 Å². The van der Waals surface area contributed by atoms with Gasteiger partial charge >= 0.3 is 0 Å². The molecule has 1 atom stereocenters. The average Bonchev–Trinajstić information content (AvgIpc) is 2.97. The maximum atomic E-state index is 10.1. The largest absolute Gasteiger partial charge is 0.388 e. The van der Waals surface area contributed by atoms with E-state index in [4.69, 9.17) is 4.52 Å². The van der Waals surface area contributed by atoms with Crippen LogP contribution in [0, 0.1) is 0 Å². The van der Waals surface area contributed by atoms with E-state index in [9.17, 15) is 5.11 Å². The summed E-state index contributed by atoms with van der Waals surface area (Å²) < 4.78 is 5.15. The fraction of sp³-hybridized carbons (Fsp3) is 0.133. The Bertz CT molecular complexity index is 668.